The molecule has 1 aromatic carbocycles. The van der Waals surface area contributed by atoms with Crippen LogP contribution in [0.25, 0.3) is 11.0 Å². The standard InChI is InChI=1S/C10H10O3/c11-5-7-13-10-3-1-2-9-8(10)4-6-12-9/h1-4,6,11H,5,7H2. The van der Waals surface area contributed by atoms with Gasteiger partial charge in [-0.25, -0.2) is 0 Å². The number of ether oxygens (including phenoxy) is 1. The van der Waals surface area contributed by atoms with Gasteiger partial charge < -0.3 is 14.3 Å². The predicted molar refractivity (Wildman–Crippen MR) is 48.8 cm³/mol. The lowest BCUT2D eigenvalue weighted by Gasteiger charge is -2.03. The van der Waals surface area contributed by atoms with Gasteiger partial charge in [-0.3, -0.25) is 0 Å². The summed E-state index contributed by atoms with van der Waals surface area (Å²) in [7, 11) is 0. The molecule has 0 spiro atoms. The molecule has 0 atom stereocenters. The van der Waals surface area contributed by atoms with Crippen LogP contribution in [0.1, 0.15) is 0 Å². The lowest BCUT2D eigenvalue weighted by Crippen LogP contribution is -2.01. The van der Waals surface area contributed by atoms with E-state index in [-0.39, 0.29) is 6.61 Å². The zero-order chi connectivity index (χ0) is 9.10. The largest absolute Gasteiger partial charge is 0.490 e. The van der Waals surface area contributed by atoms with Gasteiger partial charge in [-0.15, -0.1) is 0 Å². The number of aliphatic hydroxyl groups excluding tert-OH is 1. The third kappa shape index (κ3) is 1.51. The normalized spacial score (nSPS) is 10.5. The van der Waals surface area contributed by atoms with Crippen LogP contribution in [0.3, 0.4) is 0 Å². The van der Waals surface area contributed by atoms with Crippen molar-refractivity contribution in [3.05, 3.63) is 30.5 Å². The maximum Gasteiger partial charge on any atom is 0.137 e. The van der Waals surface area contributed by atoms with Gasteiger partial charge >= 0.3 is 0 Å². The molecule has 1 heterocycles. The van der Waals surface area contributed by atoms with Crippen LogP contribution in [0.5, 0.6) is 5.75 Å². The van der Waals surface area contributed by atoms with E-state index in [1.54, 1.807) is 6.26 Å². The minimum absolute atomic E-state index is 0.0221. The Morgan fingerprint density at radius 1 is 1.31 bits per heavy atom. The van der Waals surface area contributed by atoms with Crippen LogP contribution < -0.4 is 4.74 Å². The zero-order valence-corrected chi connectivity index (χ0v) is 7.06. The first kappa shape index (κ1) is 8.13. The van der Waals surface area contributed by atoms with E-state index < -0.39 is 0 Å². The van der Waals surface area contributed by atoms with Crippen LogP contribution >= 0.6 is 0 Å². The Hall–Kier alpha value is -1.48. The van der Waals surface area contributed by atoms with Crippen molar-refractivity contribution in [2.45, 2.75) is 0 Å². The van der Waals surface area contributed by atoms with E-state index in [0.717, 1.165) is 16.7 Å². The van der Waals surface area contributed by atoms with Gasteiger partial charge in [0.15, 0.2) is 0 Å². The van der Waals surface area contributed by atoms with Crippen molar-refractivity contribution in [2.24, 2.45) is 0 Å². The number of rotatable bonds is 3. The molecule has 0 aliphatic rings. The van der Waals surface area contributed by atoms with Crippen molar-refractivity contribution in [1.82, 2.24) is 0 Å². The summed E-state index contributed by atoms with van der Waals surface area (Å²) in [5.74, 6) is 0.750. The summed E-state index contributed by atoms with van der Waals surface area (Å²) in [4.78, 5) is 0. The van der Waals surface area contributed by atoms with E-state index in [0.29, 0.717) is 6.61 Å². The summed E-state index contributed by atoms with van der Waals surface area (Å²) >= 11 is 0. The summed E-state index contributed by atoms with van der Waals surface area (Å²) in [6.45, 7) is 0.332. The van der Waals surface area contributed by atoms with Gasteiger partial charge in [-0.1, -0.05) is 6.07 Å². The van der Waals surface area contributed by atoms with Crippen LogP contribution in [0, 0.1) is 0 Å². The second-order valence-corrected chi connectivity index (χ2v) is 2.66. The molecule has 0 bridgehead atoms. The van der Waals surface area contributed by atoms with Crippen molar-refractivity contribution < 1.29 is 14.3 Å². The molecule has 3 nitrogen and oxygen atoms in total. The summed E-state index contributed by atoms with van der Waals surface area (Å²) in [5, 5.41) is 9.54. The lowest BCUT2D eigenvalue weighted by molar-refractivity contribution is 0.203. The molecule has 3 heteroatoms. The maximum atomic E-state index is 8.60. The second kappa shape index (κ2) is 3.49. The fourth-order valence-corrected chi connectivity index (χ4v) is 1.25. The van der Waals surface area contributed by atoms with Crippen molar-refractivity contribution in [2.75, 3.05) is 13.2 Å². The van der Waals surface area contributed by atoms with Gasteiger partial charge in [-0.2, -0.15) is 0 Å². The number of aliphatic hydroxyl groups is 1. The molecule has 2 aromatic rings. The van der Waals surface area contributed by atoms with Gasteiger partial charge in [0.2, 0.25) is 0 Å². The van der Waals surface area contributed by atoms with Crippen molar-refractivity contribution >= 4 is 11.0 Å². The Labute approximate surface area is 75.5 Å². The molecule has 1 N–H and O–H groups in total. The molecule has 2 rings (SSSR count). The molecule has 13 heavy (non-hydrogen) atoms. The van der Waals surface area contributed by atoms with E-state index >= 15 is 0 Å². The first-order chi connectivity index (χ1) is 6.42. The molecule has 0 radical (unpaired) electrons. The number of benzene rings is 1. The van der Waals surface area contributed by atoms with Crippen LogP contribution in [0.4, 0.5) is 0 Å². The van der Waals surface area contributed by atoms with E-state index in [9.17, 15) is 0 Å². The monoisotopic (exact) mass is 178 g/mol. The van der Waals surface area contributed by atoms with E-state index in [4.69, 9.17) is 14.3 Å². The topological polar surface area (TPSA) is 42.6 Å². The number of furan rings is 1. The Morgan fingerprint density at radius 2 is 2.23 bits per heavy atom. The molecule has 0 fully saturated rings. The average Bonchev–Trinajstić information content (AvgIpc) is 2.62. The highest BCUT2D eigenvalue weighted by molar-refractivity contribution is 5.83. The maximum absolute atomic E-state index is 8.60. The quantitative estimate of drug-likeness (QED) is 0.779. The average molecular weight is 178 g/mol. The Balaban J connectivity index is 2.37. The third-order valence-corrected chi connectivity index (χ3v) is 1.80. The highest BCUT2D eigenvalue weighted by Crippen LogP contribution is 2.25. The fourth-order valence-electron chi connectivity index (χ4n) is 1.25. The summed E-state index contributed by atoms with van der Waals surface area (Å²) in [6.07, 6.45) is 1.62. The molecule has 0 aliphatic heterocycles. The lowest BCUT2D eigenvalue weighted by atomic mass is 10.2. The van der Waals surface area contributed by atoms with Gasteiger partial charge in [0.05, 0.1) is 18.3 Å². The van der Waals surface area contributed by atoms with E-state index in [1.807, 2.05) is 24.3 Å². The van der Waals surface area contributed by atoms with Crippen LogP contribution in [0.2, 0.25) is 0 Å². The van der Waals surface area contributed by atoms with Gasteiger partial charge in [0.25, 0.3) is 0 Å². The van der Waals surface area contributed by atoms with Crippen molar-refractivity contribution in [3.63, 3.8) is 0 Å². The highest BCUT2D eigenvalue weighted by atomic mass is 16.5. The summed E-state index contributed by atoms with van der Waals surface area (Å²) < 4.78 is 10.5. The molecule has 0 aliphatic carbocycles. The molecular weight excluding hydrogens is 168 g/mol. The minimum atomic E-state index is 0.0221. The third-order valence-electron chi connectivity index (χ3n) is 1.80. The van der Waals surface area contributed by atoms with Gasteiger partial charge in [-0.05, 0) is 18.2 Å². The molecule has 0 amide bonds. The Morgan fingerprint density at radius 3 is 3.08 bits per heavy atom. The second-order valence-electron chi connectivity index (χ2n) is 2.66. The van der Waals surface area contributed by atoms with E-state index in [1.165, 1.54) is 0 Å². The Bertz CT molecular complexity index is 392. The smallest absolute Gasteiger partial charge is 0.137 e. The number of fused-ring (bicyclic) bond motifs is 1. The highest BCUT2D eigenvalue weighted by Gasteiger charge is 2.02. The van der Waals surface area contributed by atoms with Crippen LogP contribution in [-0.4, -0.2) is 18.3 Å². The van der Waals surface area contributed by atoms with Crippen molar-refractivity contribution in [1.29, 1.82) is 0 Å². The Kier molecular flexibility index (Phi) is 2.19. The first-order valence-electron chi connectivity index (χ1n) is 4.11. The van der Waals surface area contributed by atoms with Gasteiger partial charge in [0.1, 0.15) is 17.9 Å². The van der Waals surface area contributed by atoms with Gasteiger partial charge in [0, 0.05) is 0 Å². The SMILES string of the molecule is OCCOc1cccc2occc12. The zero-order valence-electron chi connectivity index (χ0n) is 7.06. The summed E-state index contributed by atoms with van der Waals surface area (Å²) in [6, 6.07) is 7.44. The van der Waals surface area contributed by atoms with Crippen molar-refractivity contribution in [3.8, 4) is 5.75 Å². The molecule has 0 unspecified atom stereocenters. The van der Waals surface area contributed by atoms with E-state index in [2.05, 4.69) is 0 Å². The predicted octanol–water partition coefficient (Wildman–Crippen LogP) is 1.80. The van der Waals surface area contributed by atoms with Crippen LogP contribution in [0.15, 0.2) is 34.9 Å². The number of hydrogen-bond acceptors (Lipinski definition) is 3. The molecular formula is C10H10O3. The minimum Gasteiger partial charge on any atom is -0.490 e. The fraction of sp³-hybridized carbons (Fsp3) is 0.200. The first-order valence-corrected chi connectivity index (χ1v) is 4.11. The van der Waals surface area contributed by atoms with Crippen LogP contribution in [-0.2, 0) is 0 Å². The molecule has 0 saturated heterocycles. The number of hydrogen-bond donors (Lipinski definition) is 1. The summed E-state index contributed by atoms with van der Waals surface area (Å²) in [5.41, 5.74) is 0.801. The molecule has 68 valence electrons. The molecule has 1 aromatic heterocycles. The molecule has 0 saturated carbocycles.